The van der Waals surface area contributed by atoms with Gasteiger partial charge >= 0.3 is 0 Å². The van der Waals surface area contributed by atoms with Crippen LogP contribution in [0.1, 0.15) is 0 Å². The summed E-state index contributed by atoms with van der Waals surface area (Å²) < 4.78 is 0. The van der Waals surface area contributed by atoms with Crippen LogP contribution in [-0.4, -0.2) is 20.5 Å². The van der Waals surface area contributed by atoms with Crippen LogP contribution in [0, 0.1) is 0 Å². The molecule has 1 atom stereocenters. The Labute approximate surface area is 73.6 Å². The van der Waals surface area contributed by atoms with Crippen LogP contribution in [0.3, 0.4) is 0 Å². The smallest absolute Gasteiger partial charge is 0.116 e. The third kappa shape index (κ3) is 5.28. The van der Waals surface area contributed by atoms with E-state index in [1.54, 1.807) is 0 Å². The molecule has 0 bridgehead atoms. The number of hydrogen-bond donors (Lipinski definition) is 0. The highest BCUT2D eigenvalue weighted by molar-refractivity contribution is 6.48. The molecule has 0 aliphatic rings. The van der Waals surface area contributed by atoms with Crippen molar-refractivity contribution in [2.75, 3.05) is 0 Å². The Hall–Kier alpha value is 0.827. The molecule has 0 heterocycles. The van der Waals surface area contributed by atoms with E-state index in [4.69, 9.17) is 34.8 Å². The molecule has 0 spiro atoms. The van der Waals surface area contributed by atoms with E-state index >= 15 is 0 Å². The van der Waals surface area contributed by atoms with Gasteiger partial charge in [-0.3, -0.25) is 0 Å². The topological polar surface area (TPSA) is 0 Å². The van der Waals surface area contributed by atoms with E-state index in [9.17, 15) is 0 Å². The molecule has 9 heavy (non-hydrogen) atoms. The summed E-state index contributed by atoms with van der Waals surface area (Å²) in [6.07, 6.45) is 3.83. The van der Waals surface area contributed by atoms with Crippen LogP contribution in [-0.2, 0) is 0 Å². The van der Waals surface area contributed by atoms with Gasteiger partial charge in [-0.1, -0.05) is 12.2 Å². The lowest BCUT2D eigenvalue weighted by molar-refractivity contribution is 1.16. The van der Waals surface area contributed by atoms with E-state index in [-0.39, 0.29) is 5.38 Å². The SMILES string of the molecule is [SiH3]CC=CC(Cl)C(Cl)Cl. The highest BCUT2D eigenvalue weighted by Crippen LogP contribution is 2.14. The van der Waals surface area contributed by atoms with Gasteiger partial charge in [-0.25, -0.2) is 0 Å². The monoisotopic (exact) mass is 202 g/mol. The molecule has 0 aliphatic heterocycles. The van der Waals surface area contributed by atoms with Gasteiger partial charge in [-0.15, -0.1) is 34.8 Å². The molecule has 0 aromatic carbocycles. The molecule has 54 valence electrons. The minimum Gasteiger partial charge on any atom is -0.116 e. The summed E-state index contributed by atoms with van der Waals surface area (Å²) in [5.74, 6) is 0. The Kier molecular flexibility index (Phi) is 6.11. The van der Waals surface area contributed by atoms with Gasteiger partial charge in [0.15, 0.2) is 0 Å². The van der Waals surface area contributed by atoms with Crippen LogP contribution in [0.4, 0.5) is 0 Å². The Balaban J connectivity index is 3.48. The molecule has 0 N–H and O–H groups in total. The van der Waals surface area contributed by atoms with Gasteiger partial charge in [-0.2, -0.15) is 0 Å². The predicted molar refractivity (Wildman–Crippen MR) is 49.0 cm³/mol. The molecular weight excluding hydrogens is 194 g/mol. The summed E-state index contributed by atoms with van der Waals surface area (Å²) in [7, 11) is 1.16. The van der Waals surface area contributed by atoms with Gasteiger partial charge in [0.2, 0.25) is 0 Å². The second-order valence-corrected chi connectivity index (χ2v) is 4.10. The molecule has 0 nitrogen and oxygen atoms in total. The minimum absolute atomic E-state index is 0.234. The molecule has 0 aromatic heterocycles. The maximum atomic E-state index is 5.66. The Morgan fingerprint density at radius 1 is 1.33 bits per heavy atom. The van der Waals surface area contributed by atoms with Gasteiger partial charge in [0, 0.05) is 10.2 Å². The summed E-state index contributed by atoms with van der Waals surface area (Å²) in [5.41, 5.74) is 0. The fraction of sp³-hybridized carbons (Fsp3) is 0.600. The van der Waals surface area contributed by atoms with Crippen LogP contribution in [0.2, 0.25) is 6.04 Å². The molecule has 1 unspecified atom stereocenters. The Morgan fingerprint density at radius 3 is 2.22 bits per heavy atom. The Morgan fingerprint density at radius 2 is 1.89 bits per heavy atom. The predicted octanol–water partition coefficient (Wildman–Crippen LogP) is 1.74. The third-order valence-corrected chi connectivity index (χ3v) is 2.47. The van der Waals surface area contributed by atoms with Crippen molar-refractivity contribution in [3.63, 3.8) is 0 Å². The van der Waals surface area contributed by atoms with Crippen LogP contribution >= 0.6 is 34.8 Å². The summed E-state index contributed by atoms with van der Waals surface area (Å²) in [5, 5.41) is -0.234. The fourth-order valence-electron chi connectivity index (χ4n) is 0.350. The van der Waals surface area contributed by atoms with Gasteiger partial charge in [0.1, 0.15) is 4.84 Å². The molecule has 0 aromatic rings. The average molecular weight is 204 g/mol. The maximum Gasteiger partial charge on any atom is 0.127 e. The van der Waals surface area contributed by atoms with Crippen molar-refractivity contribution in [2.45, 2.75) is 16.3 Å². The molecule has 0 fully saturated rings. The third-order valence-electron chi connectivity index (χ3n) is 0.796. The first-order valence-corrected chi connectivity index (χ1v) is 5.49. The normalized spacial score (nSPS) is 15.6. The maximum absolute atomic E-state index is 5.66. The van der Waals surface area contributed by atoms with Gasteiger partial charge in [0.05, 0.1) is 5.38 Å². The van der Waals surface area contributed by atoms with Crippen molar-refractivity contribution in [1.82, 2.24) is 0 Å². The molecule has 0 saturated carbocycles. The van der Waals surface area contributed by atoms with Crippen molar-refractivity contribution < 1.29 is 0 Å². The van der Waals surface area contributed by atoms with Crippen molar-refractivity contribution in [2.24, 2.45) is 0 Å². The van der Waals surface area contributed by atoms with Crippen molar-refractivity contribution in [3.8, 4) is 0 Å². The molecule has 0 radical (unpaired) electrons. The van der Waals surface area contributed by atoms with E-state index in [1.165, 1.54) is 0 Å². The first-order chi connectivity index (χ1) is 4.18. The largest absolute Gasteiger partial charge is 0.127 e. The summed E-state index contributed by atoms with van der Waals surface area (Å²) in [4.78, 5) is -0.490. The summed E-state index contributed by atoms with van der Waals surface area (Å²) in [6.45, 7) is 0. The number of allylic oxidation sites excluding steroid dienone is 2. The zero-order valence-electron chi connectivity index (χ0n) is 5.15. The average Bonchev–Trinajstić information content (AvgIpc) is 1.82. The molecule has 4 heteroatoms. The van der Waals surface area contributed by atoms with Gasteiger partial charge in [-0.05, 0) is 6.04 Å². The van der Waals surface area contributed by atoms with E-state index in [0.717, 1.165) is 16.3 Å². The standard InChI is InChI=1S/C5H9Cl3Si/c6-4(5(7)8)2-1-3-9/h1-2,4-5H,3H2,9H3. The first kappa shape index (κ1) is 9.83. The van der Waals surface area contributed by atoms with Gasteiger partial charge in [0.25, 0.3) is 0 Å². The minimum atomic E-state index is -0.490. The van der Waals surface area contributed by atoms with Crippen molar-refractivity contribution in [1.29, 1.82) is 0 Å². The van der Waals surface area contributed by atoms with E-state index in [0.29, 0.717) is 0 Å². The van der Waals surface area contributed by atoms with Crippen LogP contribution in [0.25, 0.3) is 0 Å². The number of rotatable bonds is 3. The van der Waals surface area contributed by atoms with E-state index in [2.05, 4.69) is 0 Å². The zero-order valence-corrected chi connectivity index (χ0v) is 9.42. The number of alkyl halides is 3. The summed E-state index contributed by atoms with van der Waals surface area (Å²) >= 11 is 16.6. The molecule has 0 rings (SSSR count). The highest BCUT2D eigenvalue weighted by Gasteiger charge is 2.07. The van der Waals surface area contributed by atoms with Gasteiger partial charge < -0.3 is 0 Å². The lowest BCUT2D eigenvalue weighted by atomic mass is 10.4. The second kappa shape index (κ2) is 5.60. The van der Waals surface area contributed by atoms with E-state index < -0.39 is 4.84 Å². The molecule has 0 saturated heterocycles. The fourth-order valence-corrected chi connectivity index (χ4v) is 0.893. The second-order valence-electron chi connectivity index (χ2n) is 1.62. The lowest BCUT2D eigenvalue weighted by Gasteiger charge is -2.01. The highest BCUT2D eigenvalue weighted by atomic mass is 35.5. The molecular formula is C5H9Cl3Si. The quantitative estimate of drug-likeness (QED) is 0.372. The van der Waals surface area contributed by atoms with Crippen molar-refractivity contribution >= 4 is 45.0 Å². The molecule has 0 amide bonds. The molecule has 0 aliphatic carbocycles. The number of hydrogen-bond acceptors (Lipinski definition) is 0. The number of halogens is 3. The lowest BCUT2D eigenvalue weighted by Crippen LogP contribution is -2.03. The first-order valence-electron chi connectivity index (χ1n) is 2.77. The van der Waals surface area contributed by atoms with Crippen LogP contribution < -0.4 is 0 Å². The Bertz CT molecular complexity index is 92.2. The van der Waals surface area contributed by atoms with Crippen LogP contribution in [0.15, 0.2) is 12.2 Å². The zero-order chi connectivity index (χ0) is 7.28. The summed E-state index contributed by atoms with van der Waals surface area (Å²) in [6, 6.07) is 1.10. The van der Waals surface area contributed by atoms with Crippen molar-refractivity contribution in [3.05, 3.63) is 12.2 Å². The van der Waals surface area contributed by atoms with E-state index in [1.807, 2.05) is 12.2 Å². The van der Waals surface area contributed by atoms with Crippen LogP contribution in [0.5, 0.6) is 0 Å².